The Morgan fingerprint density at radius 2 is 2.08 bits per heavy atom. The van der Waals surface area contributed by atoms with Gasteiger partial charge in [-0.2, -0.15) is 0 Å². The van der Waals surface area contributed by atoms with Crippen LogP contribution < -0.4 is 0 Å². The van der Waals surface area contributed by atoms with Gasteiger partial charge in [-0.1, -0.05) is 12.3 Å². The minimum atomic E-state index is -3.07. The molecule has 0 N–H and O–H groups in total. The first-order valence-corrected chi connectivity index (χ1v) is 5.67. The lowest BCUT2D eigenvalue weighted by molar-refractivity contribution is 0.561. The monoisotopic (exact) mass is 199 g/mol. The molecule has 0 aromatic carbocycles. The molecule has 1 aliphatic heterocycles. The first-order valence-electron chi connectivity index (χ1n) is 3.96. The van der Waals surface area contributed by atoms with E-state index >= 15 is 0 Å². The molecule has 1 fully saturated rings. The van der Waals surface area contributed by atoms with Gasteiger partial charge in [0.25, 0.3) is 0 Å². The fourth-order valence-corrected chi connectivity index (χ4v) is 2.89. The highest BCUT2D eigenvalue weighted by molar-refractivity contribution is 7.92. The average Bonchev–Trinajstić information content (AvgIpc) is 2.08. The Labute approximate surface area is 77.0 Å². The van der Waals surface area contributed by atoms with E-state index < -0.39 is 15.1 Å². The Kier molecular flexibility index (Phi) is 3.24. The van der Waals surface area contributed by atoms with Crippen LogP contribution in [-0.4, -0.2) is 25.5 Å². The normalized spacial score (nSPS) is 25.1. The number of carbonyl (C=O) groups excluding carboxylic acids is 1. The summed E-state index contributed by atoms with van der Waals surface area (Å²) in [6, 6.07) is 2.13. The summed E-state index contributed by atoms with van der Waals surface area (Å²) in [5, 5.41) is -0.640. The van der Waals surface area contributed by atoms with Crippen LogP contribution in [0, 0.1) is 12.0 Å². The molecule has 0 amide bonds. The van der Waals surface area contributed by atoms with Crippen molar-refractivity contribution in [1.82, 2.24) is 0 Å². The second-order valence-corrected chi connectivity index (χ2v) is 5.11. The topological polar surface area (TPSA) is 63.6 Å². The van der Waals surface area contributed by atoms with Crippen LogP contribution in [0.5, 0.6) is 0 Å². The molecule has 13 heavy (non-hydrogen) atoms. The van der Waals surface area contributed by atoms with Gasteiger partial charge in [0.2, 0.25) is 6.08 Å². The number of aliphatic imine (C=N–C) groups is 1. The van der Waals surface area contributed by atoms with E-state index in [9.17, 15) is 13.2 Å². The molecule has 0 spiro atoms. The first-order chi connectivity index (χ1) is 6.17. The predicted octanol–water partition coefficient (Wildman–Crippen LogP) is 0.250. The van der Waals surface area contributed by atoms with Gasteiger partial charge in [0.1, 0.15) is 5.25 Å². The Morgan fingerprint density at radius 3 is 2.69 bits per heavy atom. The van der Waals surface area contributed by atoms with Crippen molar-refractivity contribution >= 4 is 15.9 Å². The molecule has 1 heterocycles. The molecular weight excluding hydrogens is 190 g/mol. The molecule has 0 aromatic rings. The minimum absolute atomic E-state index is 0.192. The van der Waals surface area contributed by atoms with Crippen LogP contribution in [0.1, 0.15) is 19.3 Å². The van der Waals surface area contributed by atoms with E-state index in [4.69, 9.17) is 0 Å². The molecular formula is C8H9NO3S. The first kappa shape index (κ1) is 9.97. The van der Waals surface area contributed by atoms with E-state index in [2.05, 4.69) is 17.0 Å². The summed E-state index contributed by atoms with van der Waals surface area (Å²) >= 11 is 0. The number of hydrogen-bond donors (Lipinski definition) is 0. The van der Waals surface area contributed by atoms with E-state index in [1.54, 1.807) is 0 Å². The van der Waals surface area contributed by atoms with Crippen LogP contribution >= 0.6 is 0 Å². The van der Waals surface area contributed by atoms with Gasteiger partial charge < -0.3 is 0 Å². The molecule has 1 rings (SSSR count). The highest BCUT2D eigenvalue weighted by Gasteiger charge is 2.26. The van der Waals surface area contributed by atoms with Gasteiger partial charge in [0.05, 0.1) is 5.75 Å². The lowest BCUT2D eigenvalue weighted by Gasteiger charge is -2.16. The highest BCUT2D eigenvalue weighted by Crippen LogP contribution is 2.18. The third kappa shape index (κ3) is 2.69. The van der Waals surface area contributed by atoms with Crippen molar-refractivity contribution in [3.8, 4) is 12.0 Å². The quantitative estimate of drug-likeness (QED) is 0.319. The molecule has 0 aliphatic carbocycles. The van der Waals surface area contributed by atoms with E-state index in [0.29, 0.717) is 12.8 Å². The van der Waals surface area contributed by atoms with Crippen LogP contribution in [0.25, 0.3) is 0 Å². The van der Waals surface area contributed by atoms with Crippen LogP contribution in [0.3, 0.4) is 0 Å². The maximum Gasteiger partial charge on any atom is 0.249 e. The maximum absolute atomic E-state index is 11.3. The summed E-state index contributed by atoms with van der Waals surface area (Å²) in [6.07, 6.45) is 3.36. The predicted molar refractivity (Wildman–Crippen MR) is 47.3 cm³/mol. The SMILES string of the molecule is O=C=NC#CC1CCCCS1(=O)=O. The lowest BCUT2D eigenvalue weighted by Crippen LogP contribution is -2.26. The summed E-state index contributed by atoms with van der Waals surface area (Å²) in [5.74, 6) is 2.64. The standard InChI is InChI=1S/C8H9NO3S/c10-7-9-5-4-8-3-1-2-6-13(8,11)12/h8H,1-3,6H2. The van der Waals surface area contributed by atoms with Crippen molar-refractivity contribution in [1.29, 1.82) is 0 Å². The molecule has 0 aromatic heterocycles. The second-order valence-electron chi connectivity index (χ2n) is 2.81. The van der Waals surface area contributed by atoms with Crippen molar-refractivity contribution in [3.05, 3.63) is 0 Å². The van der Waals surface area contributed by atoms with Gasteiger partial charge in [-0.3, -0.25) is 0 Å². The largest absolute Gasteiger partial charge is 0.249 e. The van der Waals surface area contributed by atoms with E-state index in [-0.39, 0.29) is 5.75 Å². The lowest BCUT2D eigenvalue weighted by atomic mass is 10.2. The zero-order valence-corrected chi connectivity index (χ0v) is 7.80. The van der Waals surface area contributed by atoms with Gasteiger partial charge in [0.15, 0.2) is 9.84 Å². The zero-order chi connectivity index (χ0) is 9.73. The molecule has 0 radical (unpaired) electrons. The third-order valence-electron chi connectivity index (χ3n) is 1.91. The molecule has 70 valence electrons. The smallest absolute Gasteiger partial charge is 0.228 e. The van der Waals surface area contributed by atoms with Crippen LogP contribution in [-0.2, 0) is 14.6 Å². The Bertz CT molecular complexity index is 381. The Hall–Kier alpha value is -1.11. The van der Waals surface area contributed by atoms with Crippen molar-refractivity contribution in [2.75, 3.05) is 5.75 Å². The van der Waals surface area contributed by atoms with Gasteiger partial charge in [-0.25, -0.2) is 13.2 Å². The molecule has 1 atom stereocenters. The Balaban J connectivity index is 2.80. The summed E-state index contributed by atoms with van der Waals surface area (Å²) in [5.41, 5.74) is 0. The fourth-order valence-electron chi connectivity index (χ4n) is 1.24. The molecule has 1 aliphatic rings. The van der Waals surface area contributed by atoms with Gasteiger partial charge in [0, 0.05) is 6.04 Å². The summed E-state index contributed by atoms with van der Waals surface area (Å²) in [7, 11) is -3.07. The van der Waals surface area contributed by atoms with Crippen LogP contribution in [0.4, 0.5) is 0 Å². The number of nitrogens with zero attached hydrogens (tertiary/aromatic N) is 1. The number of sulfone groups is 1. The second kappa shape index (κ2) is 4.22. The number of hydrogen-bond acceptors (Lipinski definition) is 4. The van der Waals surface area contributed by atoms with Crippen molar-refractivity contribution in [2.24, 2.45) is 4.99 Å². The number of rotatable bonds is 0. The maximum atomic E-state index is 11.3. The Morgan fingerprint density at radius 1 is 1.31 bits per heavy atom. The molecule has 0 bridgehead atoms. The van der Waals surface area contributed by atoms with E-state index in [0.717, 1.165) is 6.42 Å². The van der Waals surface area contributed by atoms with Crippen molar-refractivity contribution in [3.63, 3.8) is 0 Å². The van der Waals surface area contributed by atoms with Crippen molar-refractivity contribution < 1.29 is 13.2 Å². The van der Waals surface area contributed by atoms with Gasteiger partial charge >= 0.3 is 0 Å². The van der Waals surface area contributed by atoms with Crippen LogP contribution in [0.15, 0.2) is 4.99 Å². The van der Waals surface area contributed by atoms with Gasteiger partial charge in [-0.15, -0.1) is 4.99 Å². The summed E-state index contributed by atoms with van der Waals surface area (Å²) in [6.45, 7) is 0. The van der Waals surface area contributed by atoms with Crippen LogP contribution in [0.2, 0.25) is 0 Å². The molecule has 1 saturated heterocycles. The number of isocyanates is 1. The average molecular weight is 199 g/mol. The third-order valence-corrected chi connectivity index (χ3v) is 3.98. The van der Waals surface area contributed by atoms with E-state index in [1.807, 2.05) is 0 Å². The van der Waals surface area contributed by atoms with Crippen molar-refractivity contribution in [2.45, 2.75) is 24.5 Å². The molecule has 0 saturated carbocycles. The fraction of sp³-hybridized carbons (Fsp3) is 0.625. The molecule has 4 nitrogen and oxygen atoms in total. The zero-order valence-electron chi connectivity index (χ0n) is 6.99. The summed E-state index contributed by atoms with van der Waals surface area (Å²) in [4.78, 5) is 12.7. The minimum Gasteiger partial charge on any atom is -0.228 e. The molecule has 5 heteroatoms. The van der Waals surface area contributed by atoms with E-state index in [1.165, 1.54) is 6.08 Å². The highest BCUT2D eigenvalue weighted by atomic mass is 32.2. The molecule has 1 unspecified atom stereocenters. The summed E-state index contributed by atoms with van der Waals surface area (Å²) < 4.78 is 22.7. The van der Waals surface area contributed by atoms with Gasteiger partial charge in [-0.05, 0) is 12.8 Å².